The van der Waals surface area contributed by atoms with Crippen LogP contribution in [0.2, 0.25) is 0 Å². The molecule has 0 fully saturated rings. The van der Waals surface area contributed by atoms with Crippen molar-refractivity contribution >= 4 is 17.8 Å². The van der Waals surface area contributed by atoms with Gasteiger partial charge in [0, 0.05) is 0 Å². The van der Waals surface area contributed by atoms with E-state index in [0.29, 0.717) is 0 Å². The Balaban J connectivity index is -0.0000000147. The molecule has 0 aliphatic carbocycles. The Hall–Kier alpha value is 0.790. The number of hydrogen-bond acceptors (Lipinski definition) is 0. The maximum Gasteiger partial charge on any atom is 0.103 e. The second-order valence-electron chi connectivity index (χ2n) is 5.10. The molecule has 0 aliphatic rings. The molecule has 0 spiro atoms. The highest BCUT2D eigenvalue weighted by Gasteiger charge is 1.55. The van der Waals surface area contributed by atoms with Crippen LogP contribution in [0.5, 0.6) is 0 Å². The zero-order valence-corrected chi connectivity index (χ0v) is 31.3. The van der Waals surface area contributed by atoms with Crippen LogP contribution in [0, 0.1) is 0 Å². The van der Waals surface area contributed by atoms with Gasteiger partial charge in [-0.25, -0.2) is 4.39 Å². The lowest BCUT2D eigenvalue weighted by Gasteiger charge is -1.69. The van der Waals surface area contributed by atoms with Crippen LogP contribution in [0.1, 0.15) is 184 Å². The SMILES string of the molecule is CC.CC.CC.CC.CCC.CCC.CCC.CCC.CCC.CCC.CCPC.FCP. The fourth-order valence-electron chi connectivity index (χ4n) is 0. The maximum atomic E-state index is 10.3. The van der Waals surface area contributed by atoms with Crippen LogP contribution in [0.3, 0.4) is 0 Å². The molecule has 3 heteroatoms. The van der Waals surface area contributed by atoms with Crippen molar-refractivity contribution in [1.82, 2.24) is 0 Å². The molecule has 0 heterocycles. The minimum atomic E-state index is -0.333. The molecule has 0 N–H and O–H groups in total. The van der Waals surface area contributed by atoms with Crippen molar-refractivity contribution in [2.24, 2.45) is 0 Å². The highest BCUT2D eigenvalue weighted by molar-refractivity contribution is 7.36. The first-order valence-corrected chi connectivity index (χ1v) is 17.2. The number of rotatable bonds is 1. The summed E-state index contributed by atoms with van der Waals surface area (Å²) in [6.45, 7) is 45.9. The monoisotopic (exact) mass is 527 g/mol. The topological polar surface area (TPSA) is 0 Å². The number of hydrogen-bond donors (Lipinski definition) is 0. The van der Waals surface area contributed by atoms with E-state index in [0.717, 1.165) is 8.58 Å². The van der Waals surface area contributed by atoms with E-state index in [2.05, 4.69) is 96.7 Å². The molecule has 0 radical (unpaired) electrons. The predicted octanol–water partition coefficient (Wildman–Crippen LogP) is 14.7. The molecule has 0 nitrogen and oxygen atoms in total. The van der Waals surface area contributed by atoms with E-state index < -0.39 is 0 Å². The lowest BCUT2D eigenvalue weighted by Crippen LogP contribution is -1.47. The molecule has 0 saturated carbocycles. The Morgan fingerprint density at radius 1 is 0.424 bits per heavy atom. The van der Waals surface area contributed by atoms with Gasteiger partial charge in [0.1, 0.15) is 6.42 Å². The first-order valence-electron chi connectivity index (χ1n) is 14.7. The molecule has 0 saturated heterocycles. The van der Waals surface area contributed by atoms with E-state index in [1.165, 1.54) is 44.7 Å². The molecule has 0 amide bonds. The number of halogens is 1. The molecule has 33 heavy (non-hydrogen) atoms. The Labute approximate surface area is 225 Å². The van der Waals surface area contributed by atoms with Crippen molar-refractivity contribution in [2.75, 3.05) is 19.2 Å². The van der Waals surface area contributed by atoms with Gasteiger partial charge in [-0.15, -0.1) is 17.8 Å². The highest BCUT2D eigenvalue weighted by atomic mass is 31.1. The van der Waals surface area contributed by atoms with Gasteiger partial charge in [-0.05, 0) is 12.8 Å². The number of alkyl halides is 1. The Kier molecular flexibility index (Phi) is 802. The van der Waals surface area contributed by atoms with Gasteiger partial charge in [0.05, 0.1) is 0 Å². The van der Waals surface area contributed by atoms with E-state index in [1.807, 2.05) is 64.6 Å². The minimum Gasteiger partial charge on any atom is -0.247 e. The van der Waals surface area contributed by atoms with E-state index in [4.69, 9.17) is 0 Å². The summed E-state index contributed by atoms with van der Waals surface area (Å²) in [5.74, 6) is 0. The van der Waals surface area contributed by atoms with E-state index >= 15 is 0 Å². The molecule has 0 aromatic rings. The van der Waals surface area contributed by atoms with Gasteiger partial charge in [-0.2, -0.15) is 0 Å². The van der Waals surface area contributed by atoms with E-state index in [1.54, 1.807) is 0 Å². The van der Waals surface area contributed by atoms with Crippen molar-refractivity contribution in [3.63, 3.8) is 0 Å². The average molecular weight is 527 g/mol. The molecule has 2 atom stereocenters. The van der Waals surface area contributed by atoms with Crippen LogP contribution >= 0.6 is 17.8 Å². The van der Waals surface area contributed by atoms with Gasteiger partial charge in [0.15, 0.2) is 0 Å². The third kappa shape index (κ3) is 9700. The zero-order valence-electron chi connectivity index (χ0n) is 29.1. The Morgan fingerprint density at radius 3 is 0.455 bits per heavy atom. The Bertz CT molecular complexity index is 52.7. The quantitative estimate of drug-likeness (QED) is 0.298. The first-order chi connectivity index (χ1) is 15.8. The average Bonchev–Trinajstić information content (AvgIpc) is 2.83. The summed E-state index contributed by atoms with van der Waals surface area (Å²) in [5.41, 5.74) is 0. The molecule has 2 unspecified atom stereocenters. The van der Waals surface area contributed by atoms with Gasteiger partial charge < -0.3 is 0 Å². The van der Waals surface area contributed by atoms with Gasteiger partial charge in [0.25, 0.3) is 0 Å². The van der Waals surface area contributed by atoms with Crippen LogP contribution in [0.25, 0.3) is 0 Å². The molecule has 0 aromatic carbocycles. The summed E-state index contributed by atoms with van der Waals surface area (Å²) in [6.07, 6.45) is 8.51. The van der Waals surface area contributed by atoms with Crippen molar-refractivity contribution in [3.8, 4) is 0 Å². The normalized spacial score (nSPS) is 5.82. The second kappa shape index (κ2) is 346. The molecule has 0 rings (SSSR count). The van der Waals surface area contributed by atoms with E-state index in [9.17, 15) is 4.39 Å². The summed E-state index contributed by atoms with van der Waals surface area (Å²) >= 11 is 0. The van der Waals surface area contributed by atoms with Gasteiger partial charge >= 0.3 is 0 Å². The van der Waals surface area contributed by atoms with Gasteiger partial charge in [0.2, 0.25) is 0 Å². The van der Waals surface area contributed by atoms with E-state index in [-0.39, 0.29) is 6.42 Å². The lowest BCUT2D eigenvalue weighted by molar-refractivity contribution is 0.605. The van der Waals surface area contributed by atoms with Crippen LogP contribution in [0.15, 0.2) is 0 Å². The molecular formula is C30H85FP2. The Morgan fingerprint density at radius 2 is 0.455 bits per heavy atom. The minimum absolute atomic E-state index is 0.333. The van der Waals surface area contributed by atoms with Crippen molar-refractivity contribution in [1.29, 1.82) is 0 Å². The zero-order chi connectivity index (χ0) is 30.4. The summed E-state index contributed by atoms with van der Waals surface area (Å²) in [6, 6.07) is 0. The van der Waals surface area contributed by atoms with Crippen LogP contribution in [0.4, 0.5) is 4.39 Å². The van der Waals surface area contributed by atoms with Crippen molar-refractivity contribution in [2.45, 2.75) is 184 Å². The highest BCUT2D eigenvalue weighted by Crippen LogP contribution is 1.95. The largest absolute Gasteiger partial charge is 0.247 e. The molecule has 0 aliphatic heterocycles. The van der Waals surface area contributed by atoms with Gasteiger partial charge in [-0.3, -0.25) is 0 Å². The summed E-state index contributed by atoms with van der Waals surface area (Å²) < 4.78 is 10.3. The fraction of sp³-hybridized carbons (Fsp3) is 1.00. The summed E-state index contributed by atoms with van der Waals surface area (Å²) in [7, 11) is 3.05. The predicted molar refractivity (Wildman–Crippen MR) is 182 cm³/mol. The summed E-state index contributed by atoms with van der Waals surface area (Å²) in [5, 5.41) is 0. The van der Waals surface area contributed by atoms with Crippen LogP contribution in [-0.4, -0.2) is 19.2 Å². The smallest absolute Gasteiger partial charge is 0.103 e. The molecule has 0 aromatic heterocycles. The first kappa shape index (κ1) is 76.5. The van der Waals surface area contributed by atoms with Crippen molar-refractivity contribution in [3.05, 3.63) is 0 Å². The summed E-state index contributed by atoms with van der Waals surface area (Å²) in [4.78, 5) is 0. The molecular weight excluding hydrogens is 441 g/mol. The third-order valence-electron chi connectivity index (χ3n) is 0.354. The molecule has 222 valence electrons. The maximum absolute atomic E-state index is 10.3. The van der Waals surface area contributed by atoms with Crippen LogP contribution < -0.4 is 0 Å². The third-order valence-corrected chi connectivity index (χ3v) is 1.06. The fourth-order valence-corrected chi connectivity index (χ4v) is 0. The molecule has 0 bridgehead atoms. The standard InChI is InChI=1S/C3H9P.6C3H8.4C2H6.CH4FP/c1-3-4-2;6*1-3-2;4*1-2;2-1-3/h4H,3H2,1-2H3;6*3H2,1-2H3;4*1-2H3;1,3H2. The lowest BCUT2D eigenvalue weighted by atomic mass is 10.6. The van der Waals surface area contributed by atoms with Gasteiger partial charge in [-0.1, -0.05) is 184 Å². The van der Waals surface area contributed by atoms with Crippen molar-refractivity contribution < 1.29 is 4.39 Å². The van der Waals surface area contributed by atoms with Crippen LogP contribution in [-0.2, 0) is 0 Å². The second-order valence-corrected chi connectivity index (χ2v) is 6.83.